The third-order valence-electron chi connectivity index (χ3n) is 4.57. The van der Waals surface area contributed by atoms with Crippen LogP contribution in [0.1, 0.15) is 10.4 Å². The van der Waals surface area contributed by atoms with Crippen LogP contribution in [-0.2, 0) is 0 Å². The molecule has 29 heavy (non-hydrogen) atoms. The standard InChI is InChI=1S/C23H18N2O4/c1-29-19-12-7-15-13-20(23(27)28)22(24-21(15)14-19)25(16-5-3-2-4-6-16)17-8-10-18(26)11-9-17/h2-14,26H,1H3,(H,27,28). The second-order valence-corrected chi connectivity index (χ2v) is 6.41. The van der Waals surface area contributed by atoms with Gasteiger partial charge in [0.05, 0.1) is 12.6 Å². The summed E-state index contributed by atoms with van der Waals surface area (Å²) in [6.45, 7) is 0. The van der Waals surface area contributed by atoms with Gasteiger partial charge in [-0.25, -0.2) is 9.78 Å². The predicted molar refractivity (Wildman–Crippen MR) is 112 cm³/mol. The van der Waals surface area contributed by atoms with E-state index in [0.29, 0.717) is 22.3 Å². The number of aromatic hydroxyl groups is 1. The number of anilines is 3. The molecular weight excluding hydrogens is 368 g/mol. The number of ether oxygens (including phenoxy) is 1. The van der Waals surface area contributed by atoms with Crippen LogP contribution >= 0.6 is 0 Å². The monoisotopic (exact) mass is 386 g/mol. The maximum absolute atomic E-state index is 12.1. The number of carboxylic acid groups (broad SMARTS) is 1. The number of methoxy groups -OCH3 is 1. The fourth-order valence-corrected chi connectivity index (χ4v) is 3.16. The summed E-state index contributed by atoms with van der Waals surface area (Å²) in [6.07, 6.45) is 0. The van der Waals surface area contributed by atoms with Crippen molar-refractivity contribution in [3.63, 3.8) is 0 Å². The molecule has 0 atom stereocenters. The van der Waals surface area contributed by atoms with Gasteiger partial charge in [-0.3, -0.25) is 4.90 Å². The first kappa shape index (κ1) is 18.3. The number of pyridine rings is 1. The molecule has 0 fully saturated rings. The molecule has 0 amide bonds. The summed E-state index contributed by atoms with van der Waals surface area (Å²) in [4.78, 5) is 18.5. The summed E-state index contributed by atoms with van der Waals surface area (Å²) in [7, 11) is 1.57. The molecule has 0 aliphatic heterocycles. The van der Waals surface area contributed by atoms with Gasteiger partial charge in [0.15, 0.2) is 5.82 Å². The number of hydrogen-bond acceptors (Lipinski definition) is 5. The van der Waals surface area contributed by atoms with Gasteiger partial charge in [-0.15, -0.1) is 0 Å². The number of nitrogens with zero attached hydrogens (tertiary/aromatic N) is 2. The minimum absolute atomic E-state index is 0.0691. The molecule has 4 rings (SSSR count). The molecule has 0 saturated heterocycles. The molecule has 6 nitrogen and oxygen atoms in total. The van der Waals surface area contributed by atoms with Crippen LogP contribution in [0.2, 0.25) is 0 Å². The Kier molecular flexibility index (Phi) is 4.75. The molecule has 4 aromatic rings. The number of carbonyl (C=O) groups is 1. The van der Waals surface area contributed by atoms with Crippen molar-refractivity contribution in [2.24, 2.45) is 0 Å². The molecule has 0 saturated carbocycles. The molecule has 3 aromatic carbocycles. The Labute approximate surface area is 167 Å². The normalized spacial score (nSPS) is 10.7. The molecule has 0 radical (unpaired) electrons. The van der Waals surface area contributed by atoms with E-state index < -0.39 is 5.97 Å². The minimum atomic E-state index is -1.08. The average Bonchev–Trinajstić information content (AvgIpc) is 2.75. The average molecular weight is 386 g/mol. The van der Waals surface area contributed by atoms with Crippen LogP contribution in [0.3, 0.4) is 0 Å². The zero-order chi connectivity index (χ0) is 20.4. The van der Waals surface area contributed by atoms with E-state index >= 15 is 0 Å². The lowest BCUT2D eigenvalue weighted by molar-refractivity contribution is 0.0697. The van der Waals surface area contributed by atoms with Crippen molar-refractivity contribution in [3.05, 3.63) is 84.4 Å². The quantitative estimate of drug-likeness (QED) is 0.495. The van der Waals surface area contributed by atoms with E-state index in [2.05, 4.69) is 4.98 Å². The number of para-hydroxylation sites is 1. The summed E-state index contributed by atoms with van der Waals surface area (Å²) in [5.41, 5.74) is 2.10. The second-order valence-electron chi connectivity index (χ2n) is 6.41. The summed E-state index contributed by atoms with van der Waals surface area (Å²) >= 11 is 0. The van der Waals surface area contributed by atoms with Gasteiger partial charge in [0.25, 0.3) is 0 Å². The van der Waals surface area contributed by atoms with Gasteiger partial charge in [-0.1, -0.05) is 18.2 Å². The van der Waals surface area contributed by atoms with Crippen molar-refractivity contribution in [1.82, 2.24) is 4.98 Å². The second kappa shape index (κ2) is 7.52. The lowest BCUT2D eigenvalue weighted by Gasteiger charge is -2.26. The Hall–Kier alpha value is -4.06. The molecule has 1 heterocycles. The van der Waals surface area contributed by atoms with E-state index in [4.69, 9.17) is 4.74 Å². The van der Waals surface area contributed by atoms with Gasteiger partial charge in [0.2, 0.25) is 0 Å². The lowest BCUT2D eigenvalue weighted by atomic mass is 10.1. The zero-order valence-corrected chi connectivity index (χ0v) is 15.6. The first-order valence-corrected chi connectivity index (χ1v) is 8.93. The lowest BCUT2D eigenvalue weighted by Crippen LogP contribution is -2.16. The van der Waals surface area contributed by atoms with Crippen molar-refractivity contribution in [1.29, 1.82) is 0 Å². The topological polar surface area (TPSA) is 82.9 Å². The summed E-state index contributed by atoms with van der Waals surface area (Å²) in [6, 6.07) is 22.8. The molecule has 0 bridgehead atoms. The number of rotatable bonds is 5. The molecule has 0 spiro atoms. The smallest absolute Gasteiger partial charge is 0.339 e. The Balaban J connectivity index is 2.01. The van der Waals surface area contributed by atoms with Crippen molar-refractivity contribution < 1.29 is 19.7 Å². The number of aromatic carboxylic acids is 1. The molecule has 0 aliphatic carbocycles. The highest BCUT2D eigenvalue weighted by Gasteiger charge is 2.22. The Morgan fingerprint density at radius 1 is 0.931 bits per heavy atom. The van der Waals surface area contributed by atoms with Gasteiger partial charge < -0.3 is 14.9 Å². The van der Waals surface area contributed by atoms with E-state index in [1.165, 1.54) is 0 Å². The summed E-state index contributed by atoms with van der Waals surface area (Å²) in [5, 5.41) is 20.3. The Bertz CT molecular complexity index is 1170. The number of aromatic nitrogens is 1. The predicted octanol–water partition coefficient (Wildman–Crippen LogP) is 5.12. The van der Waals surface area contributed by atoms with Crippen LogP contribution in [0.5, 0.6) is 11.5 Å². The maximum Gasteiger partial charge on any atom is 0.339 e. The van der Waals surface area contributed by atoms with E-state index in [-0.39, 0.29) is 17.1 Å². The number of phenols is 1. The number of hydrogen-bond donors (Lipinski definition) is 2. The van der Waals surface area contributed by atoms with E-state index in [1.807, 2.05) is 30.3 Å². The van der Waals surface area contributed by atoms with E-state index in [1.54, 1.807) is 60.5 Å². The number of fused-ring (bicyclic) bond motifs is 1. The fraction of sp³-hybridized carbons (Fsp3) is 0.0435. The van der Waals surface area contributed by atoms with Crippen LogP contribution in [0, 0.1) is 0 Å². The number of benzene rings is 3. The first-order chi connectivity index (χ1) is 14.1. The molecule has 0 unspecified atom stereocenters. The van der Waals surface area contributed by atoms with Crippen molar-refractivity contribution in [3.8, 4) is 11.5 Å². The van der Waals surface area contributed by atoms with Crippen LogP contribution in [-0.4, -0.2) is 28.3 Å². The molecule has 0 aliphatic rings. The maximum atomic E-state index is 12.1. The van der Waals surface area contributed by atoms with Crippen LogP contribution in [0.15, 0.2) is 78.9 Å². The first-order valence-electron chi connectivity index (χ1n) is 8.93. The van der Waals surface area contributed by atoms with Gasteiger partial charge in [0.1, 0.15) is 17.1 Å². The van der Waals surface area contributed by atoms with Crippen LogP contribution in [0.4, 0.5) is 17.2 Å². The van der Waals surface area contributed by atoms with E-state index in [0.717, 1.165) is 5.69 Å². The third kappa shape index (κ3) is 3.55. The fourth-order valence-electron chi connectivity index (χ4n) is 3.16. The zero-order valence-electron chi connectivity index (χ0n) is 15.6. The number of carboxylic acids is 1. The summed E-state index contributed by atoms with van der Waals surface area (Å²) in [5.74, 6) is -0.0496. The summed E-state index contributed by atoms with van der Waals surface area (Å²) < 4.78 is 5.29. The van der Waals surface area contributed by atoms with Crippen molar-refractivity contribution in [2.45, 2.75) is 0 Å². The SMILES string of the molecule is COc1ccc2cc(C(=O)O)c(N(c3ccccc3)c3ccc(O)cc3)nc2c1. The highest BCUT2D eigenvalue weighted by Crippen LogP contribution is 2.37. The van der Waals surface area contributed by atoms with Crippen molar-refractivity contribution in [2.75, 3.05) is 12.0 Å². The Morgan fingerprint density at radius 3 is 2.28 bits per heavy atom. The van der Waals surface area contributed by atoms with Crippen LogP contribution < -0.4 is 9.64 Å². The molecule has 2 N–H and O–H groups in total. The van der Waals surface area contributed by atoms with Crippen LogP contribution in [0.25, 0.3) is 10.9 Å². The van der Waals surface area contributed by atoms with Gasteiger partial charge in [-0.05, 0) is 54.6 Å². The molecule has 6 heteroatoms. The van der Waals surface area contributed by atoms with E-state index in [9.17, 15) is 15.0 Å². The van der Waals surface area contributed by atoms with Crippen molar-refractivity contribution >= 4 is 34.1 Å². The molecular formula is C23H18N2O4. The third-order valence-corrected chi connectivity index (χ3v) is 4.57. The van der Waals surface area contributed by atoms with Gasteiger partial charge >= 0.3 is 5.97 Å². The number of phenolic OH excluding ortho intramolecular Hbond substituents is 1. The minimum Gasteiger partial charge on any atom is -0.508 e. The molecule has 144 valence electrons. The van der Waals surface area contributed by atoms with Gasteiger partial charge in [0, 0.05) is 22.8 Å². The Morgan fingerprint density at radius 2 is 1.62 bits per heavy atom. The largest absolute Gasteiger partial charge is 0.508 e. The molecule has 1 aromatic heterocycles. The highest BCUT2D eigenvalue weighted by molar-refractivity contribution is 6.00. The highest BCUT2D eigenvalue weighted by atomic mass is 16.5. The van der Waals surface area contributed by atoms with Gasteiger partial charge in [-0.2, -0.15) is 0 Å².